The number of nitrogens with one attached hydrogen (secondary N) is 3. The summed E-state index contributed by atoms with van der Waals surface area (Å²) in [5.74, 6) is 1.60. The highest BCUT2D eigenvalue weighted by atomic mass is 127. The second-order valence-electron chi connectivity index (χ2n) is 5.87. The molecule has 28 heavy (non-hydrogen) atoms. The predicted octanol–water partition coefficient (Wildman–Crippen LogP) is 0.847. The van der Waals surface area contributed by atoms with Gasteiger partial charge >= 0.3 is 0 Å². The Kier molecular flexibility index (Phi) is 11.6. The molecule has 0 saturated carbocycles. The summed E-state index contributed by atoms with van der Waals surface area (Å²) < 4.78 is 26.7. The summed E-state index contributed by atoms with van der Waals surface area (Å²) in [7, 11) is -3.20. The summed E-state index contributed by atoms with van der Waals surface area (Å²) in [6, 6.07) is 4.14. The normalized spacial score (nSPS) is 11.9. The van der Waals surface area contributed by atoms with E-state index in [1.165, 1.54) is 4.88 Å². The largest absolute Gasteiger partial charge is 0.356 e. The van der Waals surface area contributed by atoms with E-state index in [1.54, 1.807) is 17.7 Å². The Morgan fingerprint density at radius 2 is 2.07 bits per heavy atom. The average Bonchev–Trinajstić information content (AvgIpc) is 3.28. The van der Waals surface area contributed by atoms with Gasteiger partial charge in [-0.25, -0.2) is 13.1 Å². The van der Waals surface area contributed by atoms with E-state index in [1.807, 2.05) is 17.6 Å². The monoisotopic (exact) mass is 541 g/mol. The molecular weight excluding hydrogens is 513 g/mol. The van der Waals surface area contributed by atoms with E-state index >= 15 is 0 Å². The van der Waals surface area contributed by atoms with Crippen LogP contribution >= 0.6 is 35.3 Å². The minimum atomic E-state index is -3.20. The predicted molar refractivity (Wildman–Crippen MR) is 124 cm³/mol. The number of hydrogen-bond donors (Lipinski definition) is 3. The second kappa shape index (κ2) is 13.1. The highest BCUT2D eigenvalue weighted by molar-refractivity contribution is 14.0. The third-order valence-electron chi connectivity index (χ3n) is 3.65. The van der Waals surface area contributed by atoms with Gasteiger partial charge in [0.2, 0.25) is 10.0 Å². The zero-order chi connectivity index (χ0) is 19.5. The molecule has 0 aliphatic rings. The van der Waals surface area contributed by atoms with Crippen LogP contribution in [-0.4, -0.2) is 61.6 Å². The highest BCUT2D eigenvalue weighted by Gasteiger charge is 2.04. The second-order valence-corrected chi connectivity index (χ2v) is 8.74. The molecule has 0 amide bonds. The third kappa shape index (κ3) is 9.80. The lowest BCUT2D eigenvalue weighted by Gasteiger charge is -2.13. The van der Waals surface area contributed by atoms with Gasteiger partial charge in [0.25, 0.3) is 0 Å². The van der Waals surface area contributed by atoms with E-state index in [2.05, 4.69) is 42.0 Å². The Morgan fingerprint density at radius 1 is 1.29 bits per heavy atom. The van der Waals surface area contributed by atoms with Gasteiger partial charge in [0, 0.05) is 37.5 Å². The maximum atomic E-state index is 11.1. The van der Waals surface area contributed by atoms with Gasteiger partial charge in [0.1, 0.15) is 12.2 Å². The first kappa shape index (κ1) is 24.8. The molecule has 0 saturated heterocycles. The quantitative estimate of drug-likeness (QED) is 0.168. The molecule has 0 aromatic carbocycles. The van der Waals surface area contributed by atoms with Crippen molar-refractivity contribution in [1.82, 2.24) is 30.1 Å². The molecule has 9 nitrogen and oxygen atoms in total. The number of nitrogens with zero attached hydrogens (tertiary/aromatic N) is 4. The first-order chi connectivity index (χ1) is 13.0. The van der Waals surface area contributed by atoms with E-state index in [0.29, 0.717) is 19.0 Å². The molecule has 0 radical (unpaired) electrons. The van der Waals surface area contributed by atoms with Crippen molar-refractivity contribution >= 4 is 51.3 Å². The summed E-state index contributed by atoms with van der Waals surface area (Å²) in [4.78, 5) is 5.74. The minimum Gasteiger partial charge on any atom is -0.356 e. The van der Waals surface area contributed by atoms with E-state index < -0.39 is 10.0 Å². The number of halogens is 1. The molecule has 2 rings (SSSR count). The van der Waals surface area contributed by atoms with Crippen LogP contribution in [0.1, 0.15) is 17.6 Å². The lowest BCUT2D eigenvalue weighted by molar-refractivity contribution is 0.588. The Labute approximate surface area is 187 Å². The van der Waals surface area contributed by atoms with Crippen LogP contribution in [0.5, 0.6) is 0 Å². The topological polar surface area (TPSA) is 113 Å². The maximum Gasteiger partial charge on any atom is 0.208 e. The number of aryl methyl sites for hydroxylation is 1. The van der Waals surface area contributed by atoms with E-state index in [-0.39, 0.29) is 30.5 Å². The van der Waals surface area contributed by atoms with Crippen molar-refractivity contribution in [2.45, 2.75) is 26.3 Å². The molecule has 2 heterocycles. The molecule has 0 unspecified atom stereocenters. The fourth-order valence-corrected chi connectivity index (χ4v) is 3.54. The number of sulfonamides is 1. The molecule has 2 aromatic rings. The van der Waals surface area contributed by atoms with Gasteiger partial charge in [-0.05, 0) is 17.9 Å². The number of aromatic nitrogens is 3. The molecule has 0 spiro atoms. The van der Waals surface area contributed by atoms with Gasteiger partial charge in [-0.3, -0.25) is 4.99 Å². The van der Waals surface area contributed by atoms with Crippen LogP contribution in [0.4, 0.5) is 0 Å². The SMILES string of the molecule is CCc1nncn1CCNC(=NCCNS(C)(=O)=O)NCCc1cccs1.I. The summed E-state index contributed by atoms with van der Waals surface area (Å²) >= 11 is 1.72. The molecule has 0 aliphatic carbocycles. The molecule has 2 aromatic heterocycles. The molecule has 0 bridgehead atoms. The lowest BCUT2D eigenvalue weighted by Crippen LogP contribution is -2.40. The Morgan fingerprint density at radius 3 is 2.75 bits per heavy atom. The van der Waals surface area contributed by atoms with Crippen LogP contribution < -0.4 is 15.4 Å². The standard InChI is InChI=1S/C16H27N7O2S2.HI/c1-3-15-22-20-13-23(15)11-10-19-16(18-8-9-21-27(2,24)25)17-7-6-14-5-4-12-26-14;/h4-5,12-13,21H,3,6-11H2,1-2H3,(H2,17,18,19);1H. The first-order valence-corrected chi connectivity index (χ1v) is 11.6. The van der Waals surface area contributed by atoms with E-state index in [0.717, 1.165) is 38.0 Å². The fourth-order valence-electron chi connectivity index (χ4n) is 2.37. The number of thiophene rings is 1. The summed E-state index contributed by atoms with van der Waals surface area (Å²) in [6.07, 6.45) is 4.60. The molecule has 158 valence electrons. The third-order valence-corrected chi connectivity index (χ3v) is 5.31. The van der Waals surface area contributed by atoms with Crippen LogP contribution in [0, 0.1) is 0 Å². The number of aliphatic imine (C=N–C) groups is 1. The maximum absolute atomic E-state index is 11.1. The summed E-state index contributed by atoms with van der Waals surface area (Å²) in [6.45, 7) is 4.80. The van der Waals surface area contributed by atoms with Gasteiger partial charge in [-0.2, -0.15) is 0 Å². The van der Waals surface area contributed by atoms with E-state index in [4.69, 9.17) is 0 Å². The van der Waals surface area contributed by atoms with Crippen molar-refractivity contribution in [1.29, 1.82) is 0 Å². The number of hydrogen-bond acceptors (Lipinski definition) is 6. The van der Waals surface area contributed by atoms with Crippen molar-refractivity contribution in [3.05, 3.63) is 34.5 Å². The molecule has 3 N–H and O–H groups in total. The number of guanidine groups is 1. The Balaban J connectivity index is 0.00000392. The van der Waals surface area contributed by atoms with Crippen LogP contribution in [0.15, 0.2) is 28.8 Å². The summed E-state index contributed by atoms with van der Waals surface area (Å²) in [5.41, 5.74) is 0. The smallest absolute Gasteiger partial charge is 0.208 e. The zero-order valence-corrected chi connectivity index (χ0v) is 20.1. The van der Waals surface area contributed by atoms with Crippen molar-refractivity contribution < 1.29 is 8.42 Å². The van der Waals surface area contributed by atoms with Gasteiger partial charge in [-0.1, -0.05) is 13.0 Å². The zero-order valence-electron chi connectivity index (χ0n) is 16.1. The average molecular weight is 541 g/mol. The fraction of sp³-hybridized carbons (Fsp3) is 0.562. The minimum absolute atomic E-state index is 0. The van der Waals surface area contributed by atoms with Gasteiger partial charge in [0.05, 0.1) is 12.8 Å². The Hall–Kier alpha value is -1.25. The van der Waals surface area contributed by atoms with Crippen LogP contribution in [0.25, 0.3) is 0 Å². The Bertz CT molecular complexity index is 807. The molecule has 0 aliphatic heterocycles. The van der Waals surface area contributed by atoms with Gasteiger partial charge in [0.15, 0.2) is 5.96 Å². The van der Waals surface area contributed by atoms with Gasteiger partial charge in [-0.15, -0.1) is 45.5 Å². The molecule has 0 atom stereocenters. The first-order valence-electron chi connectivity index (χ1n) is 8.84. The van der Waals surface area contributed by atoms with Crippen LogP contribution in [0.3, 0.4) is 0 Å². The van der Waals surface area contributed by atoms with Crippen LogP contribution in [0.2, 0.25) is 0 Å². The van der Waals surface area contributed by atoms with Crippen molar-refractivity contribution in [3.63, 3.8) is 0 Å². The van der Waals surface area contributed by atoms with Crippen molar-refractivity contribution in [2.75, 3.05) is 32.4 Å². The number of rotatable bonds is 11. The van der Waals surface area contributed by atoms with Gasteiger partial charge < -0.3 is 15.2 Å². The molecule has 0 fully saturated rings. The van der Waals surface area contributed by atoms with E-state index in [9.17, 15) is 8.42 Å². The van der Waals surface area contributed by atoms with Crippen molar-refractivity contribution in [3.8, 4) is 0 Å². The summed E-state index contributed by atoms with van der Waals surface area (Å²) in [5, 5.41) is 16.6. The lowest BCUT2D eigenvalue weighted by atomic mass is 10.3. The van der Waals surface area contributed by atoms with Crippen LogP contribution in [-0.2, 0) is 29.4 Å². The highest BCUT2D eigenvalue weighted by Crippen LogP contribution is 2.07. The molecular formula is C16H28IN7O2S2. The molecule has 12 heteroatoms. The van der Waals surface area contributed by atoms with Crippen molar-refractivity contribution in [2.24, 2.45) is 4.99 Å².